The van der Waals surface area contributed by atoms with Gasteiger partial charge in [0.05, 0.1) is 5.69 Å². The fourth-order valence-corrected chi connectivity index (χ4v) is 1.71. The first kappa shape index (κ1) is 11.7. The SMILES string of the molecule is CC1(C)OC(=O)NN(c2ccccc2)[C@]1(C)O. The number of nitrogens with zero attached hydrogens (tertiary/aromatic N) is 1. The fourth-order valence-electron chi connectivity index (χ4n) is 1.71. The van der Waals surface area contributed by atoms with Crippen molar-refractivity contribution in [3.05, 3.63) is 30.3 Å². The summed E-state index contributed by atoms with van der Waals surface area (Å²) in [6.07, 6.45) is -0.578. The minimum atomic E-state index is -1.34. The van der Waals surface area contributed by atoms with Crippen LogP contribution < -0.4 is 10.4 Å². The van der Waals surface area contributed by atoms with Crippen LogP contribution in [-0.2, 0) is 4.74 Å². The van der Waals surface area contributed by atoms with Crippen LogP contribution in [-0.4, -0.2) is 22.5 Å². The van der Waals surface area contributed by atoms with Crippen molar-refractivity contribution in [2.75, 3.05) is 5.01 Å². The summed E-state index contributed by atoms with van der Waals surface area (Å²) in [6, 6.07) is 9.14. The molecule has 0 unspecified atom stereocenters. The predicted molar refractivity (Wildman–Crippen MR) is 63.2 cm³/mol. The summed E-state index contributed by atoms with van der Waals surface area (Å²) in [4.78, 5) is 11.5. The van der Waals surface area contributed by atoms with Crippen molar-refractivity contribution < 1.29 is 14.6 Å². The minimum absolute atomic E-state index is 0.578. The Morgan fingerprint density at radius 1 is 1.24 bits per heavy atom. The maximum absolute atomic E-state index is 11.5. The molecule has 0 spiro atoms. The van der Waals surface area contributed by atoms with Gasteiger partial charge >= 0.3 is 6.09 Å². The molecule has 1 atom stereocenters. The van der Waals surface area contributed by atoms with Crippen LogP contribution in [0.15, 0.2) is 30.3 Å². The molecule has 92 valence electrons. The molecule has 17 heavy (non-hydrogen) atoms. The van der Waals surface area contributed by atoms with Crippen molar-refractivity contribution in [3.8, 4) is 0 Å². The van der Waals surface area contributed by atoms with E-state index < -0.39 is 17.4 Å². The number of hydrogen-bond acceptors (Lipinski definition) is 4. The zero-order chi connectivity index (χ0) is 12.7. The smallest absolute Gasteiger partial charge is 0.426 e. The highest BCUT2D eigenvalue weighted by Crippen LogP contribution is 2.34. The molecule has 1 aliphatic heterocycles. The van der Waals surface area contributed by atoms with Crippen LogP contribution in [0.4, 0.5) is 10.5 Å². The van der Waals surface area contributed by atoms with E-state index in [2.05, 4.69) is 5.43 Å². The molecule has 1 heterocycles. The normalized spacial score (nSPS) is 27.3. The van der Waals surface area contributed by atoms with Gasteiger partial charge in [0.15, 0.2) is 11.3 Å². The molecule has 1 aliphatic rings. The molecule has 1 fully saturated rings. The summed E-state index contributed by atoms with van der Waals surface area (Å²) in [5, 5.41) is 11.9. The molecule has 0 radical (unpaired) electrons. The molecule has 0 aromatic heterocycles. The number of carbonyl (C=O) groups excluding carboxylic acids is 1. The molecule has 2 rings (SSSR count). The summed E-state index contributed by atoms with van der Waals surface area (Å²) >= 11 is 0. The molecule has 1 saturated heterocycles. The number of para-hydroxylation sites is 1. The lowest BCUT2D eigenvalue weighted by atomic mass is 9.94. The van der Waals surface area contributed by atoms with Gasteiger partial charge in [0.1, 0.15) is 0 Å². The van der Waals surface area contributed by atoms with Gasteiger partial charge in [-0.1, -0.05) is 18.2 Å². The number of ether oxygens (including phenoxy) is 1. The molecule has 1 aromatic carbocycles. The van der Waals surface area contributed by atoms with E-state index >= 15 is 0 Å². The van der Waals surface area contributed by atoms with Gasteiger partial charge < -0.3 is 9.84 Å². The number of carbonyl (C=O) groups is 1. The lowest BCUT2D eigenvalue weighted by Gasteiger charge is -2.50. The van der Waals surface area contributed by atoms with Crippen LogP contribution in [0.25, 0.3) is 0 Å². The van der Waals surface area contributed by atoms with Crippen molar-refractivity contribution in [1.29, 1.82) is 0 Å². The summed E-state index contributed by atoms with van der Waals surface area (Å²) in [5.41, 5.74) is 0.843. The van der Waals surface area contributed by atoms with Gasteiger partial charge in [0.25, 0.3) is 0 Å². The van der Waals surface area contributed by atoms with E-state index in [0.717, 1.165) is 0 Å². The lowest BCUT2D eigenvalue weighted by molar-refractivity contribution is -0.147. The fraction of sp³-hybridized carbons (Fsp3) is 0.417. The van der Waals surface area contributed by atoms with Crippen LogP contribution in [0.5, 0.6) is 0 Å². The van der Waals surface area contributed by atoms with Gasteiger partial charge in [-0.25, -0.2) is 15.2 Å². The number of rotatable bonds is 1. The van der Waals surface area contributed by atoms with Gasteiger partial charge in [-0.15, -0.1) is 0 Å². The molecule has 5 heteroatoms. The van der Waals surface area contributed by atoms with Crippen LogP contribution in [0.1, 0.15) is 20.8 Å². The van der Waals surface area contributed by atoms with E-state index in [1.54, 1.807) is 32.9 Å². The predicted octanol–water partition coefficient (Wildman–Crippen LogP) is 1.63. The number of hydrogen-bond donors (Lipinski definition) is 2. The number of amides is 1. The second-order valence-electron chi connectivity index (χ2n) is 4.70. The number of hydrazine groups is 1. The summed E-state index contributed by atoms with van der Waals surface area (Å²) < 4.78 is 5.10. The average molecular weight is 236 g/mol. The third-order valence-electron chi connectivity index (χ3n) is 3.14. The average Bonchev–Trinajstić information content (AvgIpc) is 2.24. The third-order valence-corrected chi connectivity index (χ3v) is 3.14. The summed E-state index contributed by atoms with van der Waals surface area (Å²) in [7, 11) is 0. The maximum atomic E-state index is 11.5. The number of anilines is 1. The third kappa shape index (κ3) is 1.82. The Morgan fingerprint density at radius 3 is 2.41 bits per heavy atom. The largest absolute Gasteiger partial charge is 0.437 e. The highest BCUT2D eigenvalue weighted by molar-refractivity contribution is 5.73. The standard InChI is InChI=1S/C12H16N2O3/c1-11(2)12(3,16)14(13-10(15)17-11)9-7-5-4-6-8-9/h4-8,16H,1-3H3,(H,13,15)/t12-/m1/s1. The zero-order valence-electron chi connectivity index (χ0n) is 10.1. The highest BCUT2D eigenvalue weighted by atomic mass is 16.6. The van der Waals surface area contributed by atoms with E-state index in [4.69, 9.17) is 4.74 Å². The number of cyclic esters (lactones) is 1. The number of benzene rings is 1. The van der Waals surface area contributed by atoms with Gasteiger partial charge in [0.2, 0.25) is 0 Å². The number of aliphatic hydroxyl groups is 1. The first-order chi connectivity index (χ1) is 7.84. The molecule has 0 saturated carbocycles. The van der Waals surface area contributed by atoms with Gasteiger partial charge in [0, 0.05) is 0 Å². The quantitative estimate of drug-likeness (QED) is 0.778. The van der Waals surface area contributed by atoms with E-state index in [-0.39, 0.29) is 0 Å². The van der Waals surface area contributed by atoms with Crippen LogP contribution in [0, 0.1) is 0 Å². The molecule has 1 aromatic rings. The van der Waals surface area contributed by atoms with E-state index in [9.17, 15) is 9.90 Å². The molecule has 2 N–H and O–H groups in total. The van der Waals surface area contributed by atoms with Crippen LogP contribution in [0.2, 0.25) is 0 Å². The zero-order valence-corrected chi connectivity index (χ0v) is 10.1. The van der Waals surface area contributed by atoms with Crippen molar-refractivity contribution in [1.82, 2.24) is 5.43 Å². The van der Waals surface area contributed by atoms with Crippen LogP contribution >= 0.6 is 0 Å². The van der Waals surface area contributed by atoms with Crippen molar-refractivity contribution in [3.63, 3.8) is 0 Å². The Hall–Kier alpha value is -1.75. The molecular weight excluding hydrogens is 220 g/mol. The maximum Gasteiger partial charge on any atom is 0.426 e. The Bertz CT molecular complexity index is 429. The topological polar surface area (TPSA) is 61.8 Å². The van der Waals surface area contributed by atoms with Crippen molar-refractivity contribution >= 4 is 11.8 Å². The second kappa shape index (κ2) is 3.63. The lowest BCUT2D eigenvalue weighted by Crippen LogP contribution is -2.72. The Morgan fingerprint density at radius 2 is 1.82 bits per heavy atom. The van der Waals surface area contributed by atoms with Gasteiger partial charge in [-0.05, 0) is 32.9 Å². The molecule has 5 nitrogen and oxygen atoms in total. The van der Waals surface area contributed by atoms with E-state index in [1.807, 2.05) is 18.2 Å². The summed E-state index contributed by atoms with van der Waals surface area (Å²) in [6.45, 7) is 4.93. The molecule has 1 amide bonds. The highest BCUT2D eigenvalue weighted by Gasteiger charge is 2.52. The Kier molecular flexibility index (Phi) is 2.50. The first-order valence-corrected chi connectivity index (χ1v) is 5.42. The van der Waals surface area contributed by atoms with E-state index in [0.29, 0.717) is 5.69 Å². The van der Waals surface area contributed by atoms with Gasteiger partial charge in [-0.3, -0.25) is 0 Å². The molecule has 0 bridgehead atoms. The van der Waals surface area contributed by atoms with E-state index in [1.165, 1.54) is 5.01 Å². The van der Waals surface area contributed by atoms with Crippen LogP contribution in [0.3, 0.4) is 0 Å². The van der Waals surface area contributed by atoms with Crippen molar-refractivity contribution in [2.45, 2.75) is 32.1 Å². The summed E-state index contributed by atoms with van der Waals surface area (Å²) in [5.74, 6) is 0. The number of nitrogens with one attached hydrogen (secondary N) is 1. The first-order valence-electron chi connectivity index (χ1n) is 5.42. The molecular formula is C12H16N2O3. The minimum Gasteiger partial charge on any atom is -0.437 e. The monoisotopic (exact) mass is 236 g/mol. The Balaban J connectivity index is 2.42. The van der Waals surface area contributed by atoms with Gasteiger partial charge in [-0.2, -0.15) is 0 Å². The Labute approximate surface area is 100.0 Å². The van der Waals surface area contributed by atoms with Crippen molar-refractivity contribution in [2.24, 2.45) is 0 Å². The molecule has 0 aliphatic carbocycles. The second-order valence-corrected chi connectivity index (χ2v) is 4.70.